The number of hydrogen-bond acceptors (Lipinski definition) is 4. The molecule has 2 rings (SSSR count). The minimum Gasteiger partial charge on any atom is -0.496 e. The molecular weight excluding hydrogens is 318 g/mol. The molecule has 0 heterocycles. The average molecular weight is 343 g/mol. The van der Waals surface area contributed by atoms with Gasteiger partial charge in [0.15, 0.2) is 17.6 Å². The Hall–Kier alpha value is -2.69. The Bertz CT molecular complexity index is 702. The van der Waals surface area contributed by atoms with E-state index in [4.69, 9.17) is 14.2 Å². The third kappa shape index (κ3) is 4.66. The molecule has 0 unspecified atom stereocenters. The third-order valence-corrected chi connectivity index (χ3v) is 3.97. The molecular formula is C20H25NO4. The molecule has 0 aliphatic rings. The lowest BCUT2D eigenvalue weighted by Crippen LogP contribution is -2.39. The first-order valence-corrected chi connectivity index (χ1v) is 8.33. The van der Waals surface area contributed by atoms with Crippen molar-refractivity contribution in [1.29, 1.82) is 0 Å². The Balaban J connectivity index is 2.09. The fourth-order valence-electron chi connectivity index (χ4n) is 2.60. The maximum absolute atomic E-state index is 12.6. The molecule has 2 atom stereocenters. The number of amides is 1. The molecule has 0 spiro atoms. The van der Waals surface area contributed by atoms with Gasteiger partial charge >= 0.3 is 0 Å². The second kappa shape index (κ2) is 8.97. The van der Waals surface area contributed by atoms with Crippen LogP contribution in [-0.4, -0.2) is 26.2 Å². The van der Waals surface area contributed by atoms with E-state index in [1.807, 2.05) is 50.2 Å². The second-order valence-electron chi connectivity index (χ2n) is 5.64. The Morgan fingerprint density at radius 2 is 1.52 bits per heavy atom. The molecule has 134 valence electrons. The van der Waals surface area contributed by atoms with Crippen molar-refractivity contribution in [2.45, 2.75) is 32.4 Å². The Morgan fingerprint density at radius 3 is 2.12 bits per heavy atom. The summed E-state index contributed by atoms with van der Waals surface area (Å²) in [5.41, 5.74) is 0.922. The standard InChI is InChI=1S/C20H25NO4/c1-5-16(25-19-13-9-8-12-18(19)24-4)20(22)21-14(2)15-10-6-7-11-17(15)23-3/h6-14,16H,5H2,1-4H3,(H,21,22)/t14-,16+/m1/s1. The van der Waals surface area contributed by atoms with E-state index in [0.717, 1.165) is 11.3 Å². The highest BCUT2D eigenvalue weighted by Crippen LogP contribution is 2.28. The summed E-state index contributed by atoms with van der Waals surface area (Å²) in [5.74, 6) is 1.73. The SMILES string of the molecule is CC[C@H](Oc1ccccc1OC)C(=O)N[C@H](C)c1ccccc1OC. The van der Waals surface area contributed by atoms with Crippen LogP contribution < -0.4 is 19.5 Å². The molecule has 0 bridgehead atoms. The van der Waals surface area contributed by atoms with Gasteiger partial charge in [0.25, 0.3) is 5.91 Å². The average Bonchev–Trinajstić information content (AvgIpc) is 2.66. The van der Waals surface area contributed by atoms with Gasteiger partial charge in [0, 0.05) is 5.56 Å². The van der Waals surface area contributed by atoms with Crippen molar-refractivity contribution in [1.82, 2.24) is 5.32 Å². The van der Waals surface area contributed by atoms with Crippen molar-refractivity contribution in [3.05, 3.63) is 54.1 Å². The summed E-state index contributed by atoms with van der Waals surface area (Å²) in [6.07, 6.45) is -0.0591. The number of benzene rings is 2. The summed E-state index contributed by atoms with van der Waals surface area (Å²) >= 11 is 0. The van der Waals surface area contributed by atoms with Gasteiger partial charge in [0.1, 0.15) is 5.75 Å². The van der Waals surface area contributed by atoms with Crippen molar-refractivity contribution < 1.29 is 19.0 Å². The monoisotopic (exact) mass is 343 g/mol. The highest BCUT2D eigenvalue weighted by Gasteiger charge is 2.23. The second-order valence-corrected chi connectivity index (χ2v) is 5.64. The third-order valence-electron chi connectivity index (χ3n) is 3.97. The fourth-order valence-corrected chi connectivity index (χ4v) is 2.60. The molecule has 0 radical (unpaired) electrons. The van der Waals surface area contributed by atoms with E-state index < -0.39 is 6.10 Å². The van der Waals surface area contributed by atoms with Crippen LogP contribution in [0, 0.1) is 0 Å². The van der Waals surface area contributed by atoms with Crippen LogP contribution >= 0.6 is 0 Å². The van der Waals surface area contributed by atoms with Crippen LogP contribution in [-0.2, 0) is 4.79 Å². The van der Waals surface area contributed by atoms with Crippen molar-refractivity contribution in [2.24, 2.45) is 0 Å². The number of para-hydroxylation sites is 3. The first kappa shape index (κ1) is 18.6. The zero-order valence-corrected chi connectivity index (χ0v) is 15.1. The first-order valence-electron chi connectivity index (χ1n) is 8.33. The zero-order chi connectivity index (χ0) is 18.2. The van der Waals surface area contributed by atoms with Gasteiger partial charge in [-0.1, -0.05) is 37.3 Å². The van der Waals surface area contributed by atoms with Gasteiger partial charge in [-0.2, -0.15) is 0 Å². The molecule has 1 N–H and O–H groups in total. The van der Waals surface area contributed by atoms with E-state index in [9.17, 15) is 4.79 Å². The predicted octanol–water partition coefficient (Wildman–Crippen LogP) is 3.74. The van der Waals surface area contributed by atoms with Crippen LogP contribution in [0.1, 0.15) is 31.9 Å². The first-order chi connectivity index (χ1) is 12.1. The van der Waals surface area contributed by atoms with E-state index in [-0.39, 0.29) is 11.9 Å². The van der Waals surface area contributed by atoms with Crippen LogP contribution in [0.15, 0.2) is 48.5 Å². The minimum atomic E-state index is -0.603. The topological polar surface area (TPSA) is 56.8 Å². The molecule has 0 aliphatic carbocycles. The van der Waals surface area contributed by atoms with E-state index >= 15 is 0 Å². The van der Waals surface area contributed by atoms with E-state index in [2.05, 4.69) is 5.32 Å². The summed E-state index contributed by atoms with van der Waals surface area (Å²) < 4.78 is 16.5. The number of carbonyl (C=O) groups excluding carboxylic acids is 1. The molecule has 0 saturated carbocycles. The number of carbonyl (C=O) groups is 1. The van der Waals surface area contributed by atoms with Crippen LogP contribution in [0.4, 0.5) is 0 Å². The maximum atomic E-state index is 12.6. The molecule has 0 fully saturated rings. The summed E-state index contributed by atoms with van der Waals surface area (Å²) in [4.78, 5) is 12.6. The molecule has 25 heavy (non-hydrogen) atoms. The largest absolute Gasteiger partial charge is 0.496 e. The van der Waals surface area contributed by atoms with E-state index in [1.165, 1.54) is 0 Å². The Labute approximate surface area is 148 Å². The maximum Gasteiger partial charge on any atom is 0.261 e. The minimum absolute atomic E-state index is 0.174. The summed E-state index contributed by atoms with van der Waals surface area (Å²) in [5, 5.41) is 2.99. The lowest BCUT2D eigenvalue weighted by atomic mass is 10.1. The molecule has 1 amide bonds. The number of hydrogen-bond donors (Lipinski definition) is 1. The molecule has 2 aromatic rings. The quantitative estimate of drug-likeness (QED) is 0.793. The van der Waals surface area contributed by atoms with E-state index in [1.54, 1.807) is 26.4 Å². The van der Waals surface area contributed by atoms with Gasteiger partial charge in [-0.15, -0.1) is 0 Å². The summed E-state index contributed by atoms with van der Waals surface area (Å²) in [6.45, 7) is 3.83. The number of nitrogens with one attached hydrogen (secondary N) is 1. The van der Waals surface area contributed by atoms with Gasteiger partial charge < -0.3 is 19.5 Å². The van der Waals surface area contributed by atoms with Crippen molar-refractivity contribution in [3.8, 4) is 17.2 Å². The lowest BCUT2D eigenvalue weighted by Gasteiger charge is -2.22. The number of methoxy groups -OCH3 is 2. The smallest absolute Gasteiger partial charge is 0.261 e. The van der Waals surface area contributed by atoms with Gasteiger partial charge in [0.2, 0.25) is 0 Å². The van der Waals surface area contributed by atoms with E-state index in [0.29, 0.717) is 17.9 Å². The molecule has 2 aromatic carbocycles. The van der Waals surface area contributed by atoms with Crippen LogP contribution in [0.25, 0.3) is 0 Å². The highest BCUT2D eigenvalue weighted by atomic mass is 16.5. The van der Waals surface area contributed by atoms with Crippen LogP contribution in [0.2, 0.25) is 0 Å². The molecule has 5 nitrogen and oxygen atoms in total. The van der Waals surface area contributed by atoms with Gasteiger partial charge in [-0.05, 0) is 31.5 Å². The fraction of sp³-hybridized carbons (Fsp3) is 0.350. The van der Waals surface area contributed by atoms with Crippen LogP contribution in [0.5, 0.6) is 17.2 Å². The molecule has 0 aliphatic heterocycles. The Morgan fingerprint density at radius 1 is 0.960 bits per heavy atom. The van der Waals surface area contributed by atoms with Gasteiger partial charge in [-0.25, -0.2) is 0 Å². The van der Waals surface area contributed by atoms with Gasteiger partial charge in [0.05, 0.1) is 20.3 Å². The summed E-state index contributed by atoms with van der Waals surface area (Å²) in [6, 6.07) is 14.7. The molecule has 5 heteroatoms. The van der Waals surface area contributed by atoms with Crippen molar-refractivity contribution >= 4 is 5.91 Å². The highest BCUT2D eigenvalue weighted by molar-refractivity contribution is 5.81. The Kier molecular flexibility index (Phi) is 6.69. The van der Waals surface area contributed by atoms with Crippen molar-refractivity contribution in [2.75, 3.05) is 14.2 Å². The molecule has 0 aromatic heterocycles. The normalized spacial score (nSPS) is 12.8. The van der Waals surface area contributed by atoms with Gasteiger partial charge in [-0.3, -0.25) is 4.79 Å². The number of rotatable bonds is 8. The summed E-state index contributed by atoms with van der Waals surface area (Å²) in [7, 11) is 3.19. The van der Waals surface area contributed by atoms with Crippen LogP contribution in [0.3, 0.4) is 0 Å². The number of ether oxygens (including phenoxy) is 3. The molecule has 0 saturated heterocycles. The zero-order valence-electron chi connectivity index (χ0n) is 15.1. The van der Waals surface area contributed by atoms with Crippen molar-refractivity contribution in [3.63, 3.8) is 0 Å². The predicted molar refractivity (Wildman–Crippen MR) is 97.3 cm³/mol. The lowest BCUT2D eigenvalue weighted by molar-refractivity contribution is -0.128.